The predicted molar refractivity (Wildman–Crippen MR) is 90.3 cm³/mol. The van der Waals surface area contributed by atoms with E-state index in [4.69, 9.17) is 21.7 Å². The molecule has 0 saturated carbocycles. The van der Waals surface area contributed by atoms with Crippen molar-refractivity contribution in [3.05, 3.63) is 24.1 Å². The van der Waals surface area contributed by atoms with Crippen molar-refractivity contribution in [1.82, 2.24) is 4.98 Å². The molecule has 7 heteroatoms. The maximum absolute atomic E-state index is 11.0. The highest BCUT2D eigenvalue weighted by atomic mass is 32.1. The molecule has 122 valence electrons. The number of thiocarbonyl (C=S) groups is 1. The van der Waals surface area contributed by atoms with E-state index >= 15 is 0 Å². The molecular formula is C16H18N2O4S. The van der Waals surface area contributed by atoms with Crippen LogP contribution in [0.5, 0.6) is 0 Å². The standard InChI is InChI=1S/C16H18N2O4S/c19-13(20)9-10(16(21)23)15-17-14-11(5-4-6-12(14)22-15)18-7-2-1-3-8-18/h4-6,10H,1-3,7-9H2,(H,19,20)(H,21,23). The Balaban J connectivity index is 2.00. The summed E-state index contributed by atoms with van der Waals surface area (Å²) in [4.78, 5) is 17.7. The summed E-state index contributed by atoms with van der Waals surface area (Å²) >= 11 is 4.76. The van der Waals surface area contributed by atoms with Gasteiger partial charge >= 0.3 is 5.97 Å². The fourth-order valence-corrected chi connectivity index (χ4v) is 3.13. The third-order valence-corrected chi connectivity index (χ3v) is 4.37. The Kier molecular flexibility index (Phi) is 4.47. The minimum Gasteiger partial charge on any atom is -0.501 e. The molecule has 23 heavy (non-hydrogen) atoms. The van der Waals surface area contributed by atoms with Crippen molar-refractivity contribution < 1.29 is 19.4 Å². The van der Waals surface area contributed by atoms with Crippen LogP contribution in [0.15, 0.2) is 22.6 Å². The van der Waals surface area contributed by atoms with Gasteiger partial charge in [0.1, 0.15) is 11.4 Å². The molecule has 0 spiro atoms. The third kappa shape index (κ3) is 3.29. The lowest BCUT2D eigenvalue weighted by atomic mass is 10.1. The Morgan fingerprint density at radius 3 is 2.70 bits per heavy atom. The number of piperidine rings is 1. The minimum atomic E-state index is -1.06. The number of carboxylic acids is 1. The van der Waals surface area contributed by atoms with E-state index in [0.29, 0.717) is 11.1 Å². The van der Waals surface area contributed by atoms with Crippen molar-refractivity contribution in [1.29, 1.82) is 0 Å². The Labute approximate surface area is 138 Å². The highest BCUT2D eigenvalue weighted by Crippen LogP contribution is 2.32. The average Bonchev–Trinajstić information content (AvgIpc) is 2.96. The summed E-state index contributed by atoms with van der Waals surface area (Å²) in [6.07, 6.45) is 3.17. The van der Waals surface area contributed by atoms with Crippen molar-refractivity contribution >= 4 is 40.0 Å². The Hall–Kier alpha value is -2.15. The lowest BCUT2D eigenvalue weighted by Gasteiger charge is -2.28. The first-order valence-corrected chi connectivity index (χ1v) is 8.06. The summed E-state index contributed by atoms with van der Waals surface area (Å²) in [5, 5.41) is 18.2. The molecule has 1 fully saturated rings. The molecule has 0 amide bonds. The molecule has 1 saturated heterocycles. The summed E-state index contributed by atoms with van der Waals surface area (Å²) in [5.41, 5.74) is 2.25. The van der Waals surface area contributed by atoms with E-state index in [9.17, 15) is 9.90 Å². The normalized spacial score (nSPS) is 16.4. The number of oxazole rings is 1. The summed E-state index contributed by atoms with van der Waals surface area (Å²) in [6.45, 7) is 1.94. The van der Waals surface area contributed by atoms with Crippen molar-refractivity contribution in [3.8, 4) is 0 Å². The van der Waals surface area contributed by atoms with Gasteiger partial charge in [0.25, 0.3) is 0 Å². The molecule has 1 aliphatic rings. The largest absolute Gasteiger partial charge is 0.501 e. The number of hydrogen-bond acceptors (Lipinski definition) is 5. The lowest BCUT2D eigenvalue weighted by molar-refractivity contribution is -0.137. The fourth-order valence-electron chi connectivity index (χ4n) is 2.95. The number of hydrogen-bond donors (Lipinski definition) is 2. The monoisotopic (exact) mass is 334 g/mol. The maximum atomic E-state index is 11.0. The highest BCUT2D eigenvalue weighted by molar-refractivity contribution is 7.80. The molecule has 2 heterocycles. The van der Waals surface area contributed by atoms with Crippen LogP contribution in [0.25, 0.3) is 11.1 Å². The topological polar surface area (TPSA) is 86.8 Å². The van der Waals surface area contributed by atoms with Gasteiger partial charge in [0.2, 0.25) is 5.89 Å². The number of carboxylic acid groups (broad SMARTS) is 1. The van der Waals surface area contributed by atoms with E-state index in [1.54, 1.807) is 6.07 Å². The second kappa shape index (κ2) is 6.54. The second-order valence-corrected chi connectivity index (χ2v) is 6.13. The van der Waals surface area contributed by atoms with Gasteiger partial charge in [-0.05, 0) is 43.6 Å². The number of benzene rings is 1. The number of carbonyl (C=O) groups is 1. The van der Waals surface area contributed by atoms with Gasteiger partial charge in [-0.3, -0.25) is 4.79 Å². The number of aliphatic carboxylic acids is 1. The molecule has 0 radical (unpaired) electrons. The van der Waals surface area contributed by atoms with Gasteiger partial charge in [0.05, 0.1) is 12.1 Å². The summed E-state index contributed by atoms with van der Waals surface area (Å²) < 4.78 is 5.68. The lowest BCUT2D eigenvalue weighted by Crippen LogP contribution is -2.29. The molecule has 3 rings (SSSR count). The van der Waals surface area contributed by atoms with Crippen LogP contribution < -0.4 is 4.90 Å². The van der Waals surface area contributed by atoms with Gasteiger partial charge < -0.3 is 19.5 Å². The van der Waals surface area contributed by atoms with Crippen LogP contribution >= 0.6 is 12.2 Å². The number of para-hydroxylation sites is 1. The van der Waals surface area contributed by atoms with Gasteiger partial charge in [-0.2, -0.15) is 0 Å². The van der Waals surface area contributed by atoms with Crippen LogP contribution in [0.4, 0.5) is 5.69 Å². The number of fused-ring (bicyclic) bond motifs is 1. The van der Waals surface area contributed by atoms with Crippen LogP contribution in [0.3, 0.4) is 0 Å². The number of rotatable bonds is 5. The molecule has 2 N–H and O–H groups in total. The summed E-state index contributed by atoms with van der Waals surface area (Å²) in [6, 6.07) is 5.67. The number of aliphatic hydroxyl groups is 1. The molecule has 1 aromatic heterocycles. The molecule has 6 nitrogen and oxygen atoms in total. The number of nitrogens with zero attached hydrogens (tertiary/aromatic N) is 2. The zero-order valence-electron chi connectivity index (χ0n) is 12.6. The van der Waals surface area contributed by atoms with Crippen LogP contribution in [0, 0.1) is 0 Å². The zero-order valence-corrected chi connectivity index (χ0v) is 13.4. The number of anilines is 1. The SMILES string of the molecule is O=C(O)CC(C(O)=S)c1nc2c(N3CCCCC3)cccc2o1. The molecular weight excluding hydrogens is 316 g/mol. The number of aliphatic hydroxyl groups excluding tert-OH is 1. The van der Waals surface area contributed by atoms with Gasteiger partial charge in [-0.25, -0.2) is 4.98 Å². The zero-order chi connectivity index (χ0) is 16.4. The first-order valence-electron chi connectivity index (χ1n) is 7.65. The van der Waals surface area contributed by atoms with E-state index in [1.807, 2.05) is 12.1 Å². The smallest absolute Gasteiger partial charge is 0.304 e. The van der Waals surface area contributed by atoms with E-state index in [2.05, 4.69) is 9.88 Å². The average molecular weight is 334 g/mol. The van der Waals surface area contributed by atoms with Crippen molar-refractivity contribution in [2.24, 2.45) is 0 Å². The molecule has 2 aromatic rings. The van der Waals surface area contributed by atoms with Crippen LogP contribution in [0.1, 0.15) is 37.5 Å². The molecule has 0 aliphatic carbocycles. The van der Waals surface area contributed by atoms with E-state index in [0.717, 1.165) is 31.6 Å². The van der Waals surface area contributed by atoms with Crippen LogP contribution in [-0.4, -0.2) is 39.3 Å². The molecule has 0 bridgehead atoms. The molecule has 1 atom stereocenters. The van der Waals surface area contributed by atoms with Crippen molar-refractivity contribution in [3.63, 3.8) is 0 Å². The van der Waals surface area contributed by atoms with Crippen molar-refractivity contribution in [2.45, 2.75) is 31.6 Å². The minimum absolute atomic E-state index is 0.152. The molecule has 1 unspecified atom stereocenters. The van der Waals surface area contributed by atoms with E-state index < -0.39 is 16.9 Å². The van der Waals surface area contributed by atoms with E-state index in [1.165, 1.54) is 6.42 Å². The van der Waals surface area contributed by atoms with Crippen molar-refractivity contribution in [2.75, 3.05) is 18.0 Å². The van der Waals surface area contributed by atoms with Gasteiger partial charge in [-0.1, -0.05) is 6.07 Å². The van der Waals surface area contributed by atoms with Gasteiger partial charge in [0, 0.05) is 13.1 Å². The predicted octanol–water partition coefficient (Wildman–Crippen LogP) is 3.26. The van der Waals surface area contributed by atoms with Crippen LogP contribution in [-0.2, 0) is 4.79 Å². The third-order valence-electron chi connectivity index (χ3n) is 4.09. The highest BCUT2D eigenvalue weighted by Gasteiger charge is 2.27. The Bertz CT molecular complexity index is 737. The first-order chi connectivity index (χ1) is 11.1. The first kappa shape index (κ1) is 15.7. The van der Waals surface area contributed by atoms with E-state index in [-0.39, 0.29) is 12.3 Å². The van der Waals surface area contributed by atoms with Crippen LogP contribution in [0.2, 0.25) is 0 Å². The summed E-state index contributed by atoms with van der Waals surface area (Å²) in [7, 11) is 0. The quantitative estimate of drug-likeness (QED) is 0.812. The Morgan fingerprint density at radius 2 is 2.04 bits per heavy atom. The van der Waals surface area contributed by atoms with Gasteiger partial charge in [-0.15, -0.1) is 0 Å². The number of aromatic nitrogens is 1. The molecule has 1 aliphatic heterocycles. The molecule has 1 aromatic carbocycles. The maximum Gasteiger partial charge on any atom is 0.304 e. The van der Waals surface area contributed by atoms with Gasteiger partial charge in [0.15, 0.2) is 10.6 Å². The summed E-state index contributed by atoms with van der Waals surface area (Å²) in [5.74, 6) is -1.83. The second-order valence-electron chi connectivity index (χ2n) is 5.71. The Morgan fingerprint density at radius 1 is 1.30 bits per heavy atom. The fraction of sp³-hybridized carbons (Fsp3) is 0.438.